The molecule has 2 aliphatic rings. The number of aliphatic hydroxyl groups is 1. The number of ether oxygens (including phenoxy) is 1. The molecule has 3 aromatic carbocycles. The van der Waals surface area contributed by atoms with Crippen LogP contribution in [0.3, 0.4) is 0 Å². The molecule has 0 radical (unpaired) electrons. The highest BCUT2D eigenvalue weighted by molar-refractivity contribution is 6.07. The number of hydrogen-bond acceptors (Lipinski definition) is 7. The standard InChI is InChI=1S/C36H41N5O5/c42-33(41-20-6-10-32(41)34(43)36(45)39-27-12-11-25-8-2-3-9-26(25)22-27)24-38-35(44)29-15-16-37-31-14-13-28(23-30(29)31)46-21-7-19-40-17-4-1-5-18-40/h2-3,8-9,11-16,22-23,32,34,43H,1,4-7,10,17-21,24H2,(H,38,44)(H,39,45). The second-order valence-electron chi connectivity index (χ2n) is 12.1. The molecule has 46 heavy (non-hydrogen) atoms. The molecular formula is C36H41N5O5. The Morgan fingerprint density at radius 1 is 0.935 bits per heavy atom. The van der Waals surface area contributed by atoms with Gasteiger partial charge in [0.2, 0.25) is 5.91 Å². The molecule has 2 aliphatic heterocycles. The molecule has 0 spiro atoms. The molecule has 3 heterocycles. The lowest BCUT2D eigenvalue weighted by molar-refractivity contribution is -0.136. The number of fused-ring (bicyclic) bond motifs is 2. The van der Waals surface area contributed by atoms with Crippen LogP contribution in [0.25, 0.3) is 21.7 Å². The molecule has 3 amide bonds. The second kappa shape index (κ2) is 14.7. The Kier molecular flexibility index (Phi) is 10.0. The number of carbonyl (C=O) groups excluding carboxylic acids is 3. The molecule has 10 nitrogen and oxygen atoms in total. The summed E-state index contributed by atoms with van der Waals surface area (Å²) in [5.41, 5.74) is 1.62. The highest BCUT2D eigenvalue weighted by Crippen LogP contribution is 2.25. The van der Waals surface area contributed by atoms with Crippen molar-refractivity contribution in [2.24, 2.45) is 0 Å². The van der Waals surface area contributed by atoms with E-state index in [0.29, 0.717) is 53.9 Å². The van der Waals surface area contributed by atoms with Crippen molar-refractivity contribution in [3.63, 3.8) is 0 Å². The minimum absolute atomic E-state index is 0.259. The summed E-state index contributed by atoms with van der Waals surface area (Å²) >= 11 is 0. The molecule has 2 saturated heterocycles. The zero-order chi connectivity index (χ0) is 31.9. The number of aliphatic hydroxyl groups excluding tert-OH is 1. The first-order valence-electron chi connectivity index (χ1n) is 16.3. The Balaban J connectivity index is 1.03. The van der Waals surface area contributed by atoms with E-state index in [1.54, 1.807) is 18.3 Å². The third-order valence-corrected chi connectivity index (χ3v) is 8.96. The van der Waals surface area contributed by atoms with Gasteiger partial charge in [-0.3, -0.25) is 19.4 Å². The largest absolute Gasteiger partial charge is 0.494 e. The number of likely N-dealkylation sites (tertiary alicyclic amines) is 2. The zero-order valence-electron chi connectivity index (χ0n) is 26.0. The van der Waals surface area contributed by atoms with Crippen molar-refractivity contribution in [1.82, 2.24) is 20.1 Å². The van der Waals surface area contributed by atoms with Crippen LogP contribution >= 0.6 is 0 Å². The first-order valence-corrected chi connectivity index (χ1v) is 16.3. The van der Waals surface area contributed by atoms with Crippen LogP contribution in [0.2, 0.25) is 0 Å². The summed E-state index contributed by atoms with van der Waals surface area (Å²) in [6.07, 6.45) is 6.07. The number of nitrogens with zero attached hydrogens (tertiary/aromatic N) is 3. The summed E-state index contributed by atoms with van der Waals surface area (Å²) in [5, 5.41) is 19.1. The molecule has 6 rings (SSSR count). The molecular weight excluding hydrogens is 582 g/mol. The first kappa shape index (κ1) is 31.4. The molecule has 0 aliphatic carbocycles. The maximum Gasteiger partial charge on any atom is 0.255 e. The van der Waals surface area contributed by atoms with Crippen LogP contribution in [0, 0.1) is 0 Å². The van der Waals surface area contributed by atoms with E-state index in [-0.39, 0.29) is 12.5 Å². The summed E-state index contributed by atoms with van der Waals surface area (Å²) in [6.45, 7) is 4.05. The SMILES string of the molecule is O=C(NCC(=O)N1CCCC1C(O)C(=O)Nc1ccc2ccccc2c1)c1ccnc2ccc(OCCCN3CCCCC3)cc12. The van der Waals surface area contributed by atoms with Gasteiger partial charge in [-0.15, -0.1) is 0 Å². The Labute approximate surface area is 268 Å². The van der Waals surface area contributed by atoms with Crippen molar-refractivity contribution in [1.29, 1.82) is 0 Å². The Hall–Kier alpha value is -4.54. The zero-order valence-corrected chi connectivity index (χ0v) is 26.0. The molecule has 0 saturated carbocycles. The van der Waals surface area contributed by atoms with Crippen LogP contribution in [-0.4, -0.2) is 89.1 Å². The third kappa shape index (κ3) is 7.46. The number of rotatable bonds is 11. The number of aromatic nitrogens is 1. The summed E-state index contributed by atoms with van der Waals surface area (Å²) < 4.78 is 6.01. The fourth-order valence-electron chi connectivity index (χ4n) is 6.52. The maximum atomic E-state index is 13.3. The van der Waals surface area contributed by atoms with Gasteiger partial charge in [0.15, 0.2) is 6.10 Å². The molecule has 4 aromatic rings. The lowest BCUT2D eigenvalue weighted by Crippen LogP contribution is -2.50. The average Bonchev–Trinajstić information content (AvgIpc) is 3.59. The van der Waals surface area contributed by atoms with Gasteiger partial charge in [-0.2, -0.15) is 0 Å². The van der Waals surface area contributed by atoms with Gasteiger partial charge >= 0.3 is 0 Å². The van der Waals surface area contributed by atoms with Gasteiger partial charge in [0, 0.05) is 30.4 Å². The minimum Gasteiger partial charge on any atom is -0.494 e. The average molecular weight is 624 g/mol. The van der Waals surface area contributed by atoms with Crippen LogP contribution in [0.1, 0.15) is 48.9 Å². The molecule has 0 bridgehead atoms. The van der Waals surface area contributed by atoms with Crippen LogP contribution in [-0.2, 0) is 9.59 Å². The van der Waals surface area contributed by atoms with E-state index >= 15 is 0 Å². The van der Waals surface area contributed by atoms with E-state index in [1.807, 2.05) is 54.6 Å². The lowest BCUT2D eigenvalue weighted by Gasteiger charge is -2.28. The van der Waals surface area contributed by atoms with Crippen LogP contribution in [0.15, 0.2) is 72.9 Å². The van der Waals surface area contributed by atoms with E-state index in [1.165, 1.54) is 24.2 Å². The number of nitrogens with one attached hydrogen (secondary N) is 2. The van der Waals surface area contributed by atoms with Crippen molar-refractivity contribution in [3.05, 3.63) is 78.5 Å². The minimum atomic E-state index is -1.41. The van der Waals surface area contributed by atoms with Gasteiger partial charge in [-0.1, -0.05) is 36.8 Å². The van der Waals surface area contributed by atoms with Crippen molar-refractivity contribution in [3.8, 4) is 5.75 Å². The number of carbonyl (C=O) groups is 3. The molecule has 2 atom stereocenters. The molecule has 2 unspecified atom stereocenters. The monoisotopic (exact) mass is 623 g/mol. The molecule has 3 N–H and O–H groups in total. The highest BCUT2D eigenvalue weighted by atomic mass is 16.5. The topological polar surface area (TPSA) is 124 Å². The van der Waals surface area contributed by atoms with E-state index < -0.39 is 24.0 Å². The van der Waals surface area contributed by atoms with E-state index in [0.717, 1.165) is 36.8 Å². The molecule has 1 aromatic heterocycles. The quantitative estimate of drug-likeness (QED) is 0.212. The van der Waals surface area contributed by atoms with Crippen molar-refractivity contribution in [2.75, 3.05) is 44.6 Å². The molecule has 10 heteroatoms. The van der Waals surface area contributed by atoms with Gasteiger partial charge in [0.1, 0.15) is 5.75 Å². The number of amides is 3. The fraction of sp³-hybridized carbons (Fsp3) is 0.389. The van der Waals surface area contributed by atoms with Crippen LogP contribution in [0.4, 0.5) is 5.69 Å². The van der Waals surface area contributed by atoms with Gasteiger partial charge in [0.05, 0.1) is 30.3 Å². The normalized spacial score (nSPS) is 17.6. The van der Waals surface area contributed by atoms with Crippen LogP contribution in [0.5, 0.6) is 5.75 Å². The van der Waals surface area contributed by atoms with Crippen molar-refractivity contribution >= 4 is 45.1 Å². The third-order valence-electron chi connectivity index (χ3n) is 8.96. The number of benzene rings is 3. The second-order valence-corrected chi connectivity index (χ2v) is 12.1. The van der Waals surface area contributed by atoms with Gasteiger partial charge in [0.25, 0.3) is 11.8 Å². The Morgan fingerprint density at radius 2 is 1.76 bits per heavy atom. The van der Waals surface area contributed by atoms with Crippen LogP contribution < -0.4 is 15.4 Å². The predicted molar refractivity (Wildman–Crippen MR) is 178 cm³/mol. The number of anilines is 1. The summed E-state index contributed by atoms with van der Waals surface area (Å²) in [5.74, 6) is -0.672. The Bertz CT molecular complexity index is 1710. The van der Waals surface area contributed by atoms with E-state index in [2.05, 4.69) is 20.5 Å². The van der Waals surface area contributed by atoms with Crippen molar-refractivity contribution in [2.45, 2.75) is 50.7 Å². The maximum absolute atomic E-state index is 13.3. The van der Waals surface area contributed by atoms with E-state index in [4.69, 9.17) is 4.74 Å². The van der Waals surface area contributed by atoms with Gasteiger partial charge < -0.3 is 30.3 Å². The number of pyridine rings is 1. The highest BCUT2D eigenvalue weighted by Gasteiger charge is 2.37. The predicted octanol–water partition coefficient (Wildman–Crippen LogP) is 4.36. The number of piperidine rings is 1. The summed E-state index contributed by atoms with van der Waals surface area (Å²) in [4.78, 5) is 47.8. The summed E-state index contributed by atoms with van der Waals surface area (Å²) in [6, 6.07) is 19.8. The first-order chi connectivity index (χ1) is 22.5. The Morgan fingerprint density at radius 3 is 2.61 bits per heavy atom. The number of hydrogen-bond donors (Lipinski definition) is 3. The van der Waals surface area contributed by atoms with Gasteiger partial charge in [-0.25, -0.2) is 0 Å². The fourth-order valence-corrected chi connectivity index (χ4v) is 6.52. The van der Waals surface area contributed by atoms with Gasteiger partial charge in [-0.05, 0) is 92.4 Å². The summed E-state index contributed by atoms with van der Waals surface area (Å²) in [7, 11) is 0. The lowest BCUT2D eigenvalue weighted by atomic mass is 10.1. The van der Waals surface area contributed by atoms with Crippen molar-refractivity contribution < 1.29 is 24.2 Å². The molecule has 240 valence electrons. The smallest absolute Gasteiger partial charge is 0.255 e. The molecule has 2 fully saturated rings. The van der Waals surface area contributed by atoms with E-state index in [9.17, 15) is 19.5 Å².